The van der Waals surface area contributed by atoms with Crippen molar-refractivity contribution >= 4 is 16.7 Å². The Labute approximate surface area is 146 Å². The normalized spacial score (nSPS) is 13.7. The van der Waals surface area contributed by atoms with Crippen LogP contribution in [0.3, 0.4) is 0 Å². The fraction of sp³-hybridized carbons (Fsp3) is 0.286. The number of hydrogen-bond donors (Lipinski definition) is 0. The molecule has 25 heavy (non-hydrogen) atoms. The highest BCUT2D eigenvalue weighted by atomic mass is 16.5. The Balaban J connectivity index is 1.84. The van der Waals surface area contributed by atoms with Crippen LogP contribution in [0.15, 0.2) is 39.5 Å². The monoisotopic (exact) mass is 335 g/mol. The molecular formula is C21H21NO3. The van der Waals surface area contributed by atoms with E-state index in [9.17, 15) is 4.79 Å². The average Bonchev–Trinajstić information content (AvgIpc) is 2.61. The number of anilines is 1. The highest BCUT2D eigenvalue weighted by molar-refractivity contribution is 5.86. The fourth-order valence-corrected chi connectivity index (χ4v) is 3.30. The molecule has 4 nitrogen and oxygen atoms in total. The first-order chi connectivity index (χ1) is 12.0. The van der Waals surface area contributed by atoms with Crippen LogP contribution in [0.1, 0.15) is 27.8 Å². The van der Waals surface area contributed by atoms with Crippen molar-refractivity contribution in [1.82, 2.24) is 0 Å². The lowest BCUT2D eigenvalue weighted by atomic mass is 10.0. The van der Waals surface area contributed by atoms with Crippen molar-refractivity contribution in [2.75, 3.05) is 11.6 Å². The molecule has 0 amide bonds. The van der Waals surface area contributed by atoms with Gasteiger partial charge in [0.1, 0.15) is 11.3 Å². The van der Waals surface area contributed by atoms with E-state index in [-0.39, 0.29) is 5.63 Å². The van der Waals surface area contributed by atoms with E-state index >= 15 is 0 Å². The molecule has 3 aromatic rings. The number of rotatable bonds is 1. The van der Waals surface area contributed by atoms with Crippen LogP contribution in [0.25, 0.3) is 11.0 Å². The topological polar surface area (TPSA) is 42.7 Å². The van der Waals surface area contributed by atoms with Crippen LogP contribution in [-0.4, -0.2) is 6.73 Å². The SMILES string of the molecule is Cc1ccc(N2COc3ccc4c(C)c(C)c(=O)oc4c3C2)cc1C. The van der Waals surface area contributed by atoms with Crippen LogP contribution < -0.4 is 15.3 Å². The average molecular weight is 335 g/mol. The summed E-state index contributed by atoms with van der Waals surface area (Å²) < 4.78 is 11.6. The lowest BCUT2D eigenvalue weighted by Gasteiger charge is -2.31. The Morgan fingerprint density at radius 3 is 2.52 bits per heavy atom. The smallest absolute Gasteiger partial charge is 0.339 e. The fourth-order valence-electron chi connectivity index (χ4n) is 3.30. The largest absolute Gasteiger partial charge is 0.473 e. The molecular weight excluding hydrogens is 314 g/mol. The van der Waals surface area contributed by atoms with E-state index in [0.717, 1.165) is 28.0 Å². The van der Waals surface area contributed by atoms with Crippen LogP contribution >= 0.6 is 0 Å². The minimum Gasteiger partial charge on any atom is -0.473 e. The summed E-state index contributed by atoms with van der Waals surface area (Å²) in [6.07, 6.45) is 0. The number of aryl methyl sites for hydroxylation is 3. The van der Waals surface area contributed by atoms with Gasteiger partial charge in [0.15, 0.2) is 6.73 Å². The van der Waals surface area contributed by atoms with E-state index in [1.165, 1.54) is 11.1 Å². The van der Waals surface area contributed by atoms with Crippen LogP contribution in [-0.2, 0) is 6.54 Å². The molecule has 0 atom stereocenters. The number of nitrogens with zero attached hydrogens (tertiary/aromatic N) is 1. The molecule has 0 spiro atoms. The molecule has 128 valence electrons. The summed E-state index contributed by atoms with van der Waals surface area (Å²) in [6.45, 7) is 9.12. The van der Waals surface area contributed by atoms with Gasteiger partial charge in [-0.1, -0.05) is 6.07 Å². The number of hydrogen-bond acceptors (Lipinski definition) is 4. The second-order valence-corrected chi connectivity index (χ2v) is 6.80. The maximum Gasteiger partial charge on any atom is 0.339 e. The Morgan fingerprint density at radius 2 is 1.76 bits per heavy atom. The summed E-state index contributed by atoms with van der Waals surface area (Å²) in [5, 5.41) is 0.974. The lowest BCUT2D eigenvalue weighted by molar-refractivity contribution is 0.289. The maximum absolute atomic E-state index is 12.2. The van der Waals surface area contributed by atoms with Crippen molar-refractivity contribution in [3.05, 3.63) is 68.6 Å². The Kier molecular flexibility index (Phi) is 3.57. The van der Waals surface area contributed by atoms with Gasteiger partial charge in [-0.25, -0.2) is 4.79 Å². The number of ether oxygens (including phenoxy) is 1. The summed E-state index contributed by atoms with van der Waals surface area (Å²) >= 11 is 0. The van der Waals surface area contributed by atoms with Gasteiger partial charge in [0.25, 0.3) is 0 Å². The van der Waals surface area contributed by atoms with E-state index in [2.05, 4.69) is 36.9 Å². The second-order valence-electron chi connectivity index (χ2n) is 6.80. The molecule has 2 heterocycles. The molecule has 0 saturated carbocycles. The molecule has 1 aliphatic rings. The van der Waals surface area contributed by atoms with E-state index in [1.54, 1.807) is 6.92 Å². The molecule has 1 aliphatic heterocycles. The van der Waals surface area contributed by atoms with Gasteiger partial charge in [-0.05, 0) is 68.7 Å². The highest BCUT2D eigenvalue weighted by Gasteiger charge is 2.23. The van der Waals surface area contributed by atoms with E-state index in [0.29, 0.717) is 24.4 Å². The van der Waals surface area contributed by atoms with Crippen LogP contribution in [0.2, 0.25) is 0 Å². The van der Waals surface area contributed by atoms with Crippen molar-refractivity contribution in [3.8, 4) is 5.75 Å². The van der Waals surface area contributed by atoms with Crippen LogP contribution in [0.5, 0.6) is 5.75 Å². The standard InChI is InChI=1S/C21H21NO3/c1-12-5-6-16(9-13(12)2)22-10-18-19(24-11-22)8-7-17-14(3)15(4)21(23)25-20(17)18/h5-9H,10-11H2,1-4H3. The van der Waals surface area contributed by atoms with Gasteiger partial charge in [-0.15, -0.1) is 0 Å². The molecule has 0 N–H and O–H groups in total. The number of fused-ring (bicyclic) bond motifs is 3. The molecule has 0 aliphatic carbocycles. The van der Waals surface area contributed by atoms with Crippen molar-refractivity contribution in [2.45, 2.75) is 34.2 Å². The third-order valence-electron chi connectivity index (χ3n) is 5.27. The molecule has 2 aromatic carbocycles. The maximum atomic E-state index is 12.2. The van der Waals surface area contributed by atoms with Gasteiger partial charge in [0, 0.05) is 16.6 Å². The van der Waals surface area contributed by atoms with Crippen LogP contribution in [0.4, 0.5) is 5.69 Å². The molecule has 0 bridgehead atoms. The molecule has 4 rings (SSSR count). The van der Waals surface area contributed by atoms with E-state index in [1.807, 2.05) is 19.1 Å². The van der Waals surface area contributed by atoms with Crippen molar-refractivity contribution < 1.29 is 9.15 Å². The quantitative estimate of drug-likeness (QED) is 0.619. The van der Waals surface area contributed by atoms with E-state index < -0.39 is 0 Å². The van der Waals surface area contributed by atoms with Gasteiger partial charge in [-0.2, -0.15) is 0 Å². The van der Waals surface area contributed by atoms with Gasteiger partial charge >= 0.3 is 5.63 Å². The van der Waals surface area contributed by atoms with Gasteiger partial charge < -0.3 is 14.1 Å². The molecule has 0 fully saturated rings. The zero-order valence-corrected chi connectivity index (χ0v) is 15.0. The molecule has 0 radical (unpaired) electrons. The molecule has 4 heteroatoms. The Morgan fingerprint density at radius 1 is 0.960 bits per heavy atom. The first-order valence-corrected chi connectivity index (χ1v) is 8.46. The van der Waals surface area contributed by atoms with E-state index in [4.69, 9.17) is 9.15 Å². The van der Waals surface area contributed by atoms with Crippen molar-refractivity contribution in [3.63, 3.8) is 0 Å². The predicted octanol–water partition coefficient (Wildman–Crippen LogP) is 4.38. The van der Waals surface area contributed by atoms with Crippen LogP contribution in [0, 0.1) is 27.7 Å². The van der Waals surface area contributed by atoms with Gasteiger partial charge in [0.2, 0.25) is 0 Å². The minimum absolute atomic E-state index is 0.276. The highest BCUT2D eigenvalue weighted by Crippen LogP contribution is 2.35. The Hall–Kier alpha value is -2.75. The number of benzene rings is 2. The first kappa shape index (κ1) is 15.8. The van der Waals surface area contributed by atoms with Crippen molar-refractivity contribution in [1.29, 1.82) is 0 Å². The summed E-state index contributed by atoms with van der Waals surface area (Å²) in [5.41, 5.74) is 6.55. The second kappa shape index (κ2) is 5.66. The zero-order chi connectivity index (χ0) is 17.7. The minimum atomic E-state index is -0.276. The summed E-state index contributed by atoms with van der Waals surface area (Å²) in [6, 6.07) is 10.3. The lowest BCUT2D eigenvalue weighted by Crippen LogP contribution is -2.32. The molecule has 0 saturated heterocycles. The zero-order valence-electron chi connectivity index (χ0n) is 15.0. The van der Waals surface area contributed by atoms with Crippen molar-refractivity contribution in [2.24, 2.45) is 0 Å². The predicted molar refractivity (Wildman–Crippen MR) is 99.6 cm³/mol. The first-order valence-electron chi connectivity index (χ1n) is 8.46. The Bertz CT molecular complexity index is 1050. The molecule has 0 unspecified atom stereocenters. The van der Waals surface area contributed by atoms with Gasteiger partial charge in [0.05, 0.1) is 12.1 Å². The summed E-state index contributed by atoms with van der Waals surface area (Å²) in [7, 11) is 0. The third kappa shape index (κ3) is 2.49. The third-order valence-corrected chi connectivity index (χ3v) is 5.27. The summed E-state index contributed by atoms with van der Waals surface area (Å²) in [5.74, 6) is 0.791. The summed E-state index contributed by atoms with van der Waals surface area (Å²) in [4.78, 5) is 14.3. The van der Waals surface area contributed by atoms with Gasteiger partial charge in [-0.3, -0.25) is 0 Å². The molecule has 1 aromatic heterocycles.